The molecule has 0 aromatic heterocycles. The summed E-state index contributed by atoms with van der Waals surface area (Å²) in [6.07, 6.45) is 0.915. The van der Waals surface area contributed by atoms with Gasteiger partial charge in [-0.3, -0.25) is 4.79 Å². The minimum Gasteiger partial charge on any atom is -0.495 e. The number of carbonyl (C=O) groups excluding carboxylic acids is 1. The second-order valence-electron chi connectivity index (χ2n) is 5.35. The van der Waals surface area contributed by atoms with Crippen molar-refractivity contribution in [3.8, 4) is 11.5 Å². The molecule has 1 unspecified atom stereocenters. The van der Waals surface area contributed by atoms with E-state index in [-0.39, 0.29) is 5.91 Å². The third-order valence-electron chi connectivity index (χ3n) is 3.69. The summed E-state index contributed by atoms with van der Waals surface area (Å²) < 4.78 is 11.1. The molecule has 2 rings (SSSR count). The van der Waals surface area contributed by atoms with Crippen LogP contribution in [0.3, 0.4) is 0 Å². The Hall–Kier alpha value is -2.20. The van der Waals surface area contributed by atoms with Crippen molar-refractivity contribution >= 4 is 23.2 Å². The van der Waals surface area contributed by atoms with Gasteiger partial charge in [0.1, 0.15) is 11.5 Å². The second kappa shape index (κ2) is 8.60. The van der Waals surface area contributed by atoms with Gasteiger partial charge >= 0.3 is 0 Å². The molecular weight excluding hydrogens is 326 g/mol. The fraction of sp³-hybridized carbons (Fsp3) is 0.316. The number of hydrogen-bond acceptors (Lipinski definition) is 3. The number of amides is 1. The molecule has 2 aromatic carbocycles. The molecule has 0 heterocycles. The maximum atomic E-state index is 12.5. The molecule has 0 aliphatic heterocycles. The van der Waals surface area contributed by atoms with E-state index < -0.39 is 6.10 Å². The van der Waals surface area contributed by atoms with Crippen LogP contribution >= 0.6 is 11.6 Å². The van der Waals surface area contributed by atoms with Gasteiger partial charge in [-0.15, -0.1) is 0 Å². The van der Waals surface area contributed by atoms with Crippen molar-refractivity contribution in [2.24, 2.45) is 0 Å². The summed E-state index contributed by atoms with van der Waals surface area (Å²) in [5, 5.41) is 3.35. The highest BCUT2D eigenvalue weighted by atomic mass is 35.5. The van der Waals surface area contributed by atoms with E-state index in [1.165, 1.54) is 5.56 Å². The number of anilines is 1. The molecule has 0 spiro atoms. The molecule has 0 saturated carbocycles. The molecule has 0 saturated heterocycles. The van der Waals surface area contributed by atoms with Gasteiger partial charge < -0.3 is 14.8 Å². The van der Waals surface area contributed by atoms with E-state index in [0.717, 1.165) is 6.42 Å². The Kier molecular flexibility index (Phi) is 6.50. The summed E-state index contributed by atoms with van der Waals surface area (Å²) in [6.45, 7) is 4.00. The number of hydrogen-bond donors (Lipinski definition) is 1. The standard InChI is InChI=1S/C19H22ClNO3/c1-4-13-6-9-15(10-7-13)24-17(5-2)19(22)21-16-12-14(20)8-11-18(16)23-3/h6-12,17H,4-5H2,1-3H3,(H,21,22). The Morgan fingerprint density at radius 1 is 1.17 bits per heavy atom. The summed E-state index contributed by atoms with van der Waals surface area (Å²) in [4.78, 5) is 12.5. The van der Waals surface area contributed by atoms with Gasteiger partial charge in [0.05, 0.1) is 12.8 Å². The number of methoxy groups -OCH3 is 1. The van der Waals surface area contributed by atoms with Gasteiger partial charge in [0, 0.05) is 5.02 Å². The first kappa shape index (κ1) is 18.1. The number of benzene rings is 2. The van der Waals surface area contributed by atoms with E-state index >= 15 is 0 Å². The minimum atomic E-state index is -0.596. The van der Waals surface area contributed by atoms with Crippen LogP contribution in [0.15, 0.2) is 42.5 Å². The average molecular weight is 348 g/mol. The first-order chi connectivity index (χ1) is 11.6. The van der Waals surface area contributed by atoms with E-state index in [1.54, 1.807) is 25.3 Å². The second-order valence-corrected chi connectivity index (χ2v) is 5.78. The molecule has 0 bridgehead atoms. The Morgan fingerprint density at radius 2 is 1.88 bits per heavy atom. The van der Waals surface area contributed by atoms with Crippen LogP contribution in [-0.2, 0) is 11.2 Å². The van der Waals surface area contributed by atoms with Crippen LogP contribution in [0.25, 0.3) is 0 Å². The fourth-order valence-electron chi connectivity index (χ4n) is 2.28. The molecule has 5 heteroatoms. The summed E-state index contributed by atoms with van der Waals surface area (Å²) >= 11 is 5.99. The van der Waals surface area contributed by atoms with Crippen LogP contribution in [0, 0.1) is 0 Å². The number of halogens is 1. The SMILES string of the molecule is CCc1ccc(OC(CC)C(=O)Nc2cc(Cl)ccc2OC)cc1. The van der Waals surface area contributed by atoms with Gasteiger partial charge in [-0.25, -0.2) is 0 Å². The third kappa shape index (κ3) is 4.65. The topological polar surface area (TPSA) is 47.6 Å². The van der Waals surface area contributed by atoms with Gasteiger partial charge in [-0.05, 0) is 48.7 Å². The molecule has 0 aliphatic rings. The van der Waals surface area contributed by atoms with Crippen LogP contribution in [-0.4, -0.2) is 19.1 Å². The van der Waals surface area contributed by atoms with Gasteiger partial charge in [0.25, 0.3) is 5.91 Å². The van der Waals surface area contributed by atoms with Crippen LogP contribution in [0.2, 0.25) is 5.02 Å². The molecule has 1 amide bonds. The Morgan fingerprint density at radius 3 is 2.46 bits per heavy atom. The summed E-state index contributed by atoms with van der Waals surface area (Å²) in [6, 6.07) is 12.8. The monoisotopic (exact) mass is 347 g/mol. The summed E-state index contributed by atoms with van der Waals surface area (Å²) in [5.74, 6) is 0.986. The van der Waals surface area contributed by atoms with Crippen molar-refractivity contribution in [2.75, 3.05) is 12.4 Å². The van der Waals surface area contributed by atoms with Crippen LogP contribution < -0.4 is 14.8 Å². The maximum Gasteiger partial charge on any atom is 0.265 e. The number of rotatable bonds is 7. The van der Waals surface area contributed by atoms with Crippen molar-refractivity contribution in [3.05, 3.63) is 53.1 Å². The minimum absolute atomic E-state index is 0.238. The lowest BCUT2D eigenvalue weighted by Gasteiger charge is -2.18. The van der Waals surface area contributed by atoms with Gasteiger partial charge in [0.2, 0.25) is 0 Å². The van der Waals surface area contributed by atoms with Gasteiger partial charge in [-0.2, -0.15) is 0 Å². The van der Waals surface area contributed by atoms with E-state index in [0.29, 0.717) is 28.6 Å². The molecule has 2 aromatic rings. The number of aryl methyl sites for hydroxylation is 1. The highest BCUT2D eigenvalue weighted by molar-refractivity contribution is 6.31. The largest absolute Gasteiger partial charge is 0.495 e. The lowest BCUT2D eigenvalue weighted by atomic mass is 10.1. The normalized spacial score (nSPS) is 11.7. The van der Waals surface area contributed by atoms with E-state index in [1.807, 2.05) is 31.2 Å². The molecule has 0 radical (unpaired) electrons. The zero-order chi connectivity index (χ0) is 17.5. The van der Waals surface area contributed by atoms with Crippen molar-refractivity contribution < 1.29 is 14.3 Å². The van der Waals surface area contributed by atoms with E-state index in [9.17, 15) is 4.79 Å². The lowest BCUT2D eigenvalue weighted by Crippen LogP contribution is -2.32. The molecule has 0 fully saturated rings. The predicted octanol–water partition coefficient (Wildman–Crippen LogP) is 4.71. The molecule has 128 valence electrons. The molecule has 1 atom stereocenters. The zero-order valence-corrected chi connectivity index (χ0v) is 14.9. The van der Waals surface area contributed by atoms with Crippen molar-refractivity contribution in [1.82, 2.24) is 0 Å². The smallest absolute Gasteiger partial charge is 0.265 e. The highest BCUT2D eigenvalue weighted by Gasteiger charge is 2.20. The molecular formula is C19H22ClNO3. The molecule has 4 nitrogen and oxygen atoms in total. The average Bonchev–Trinajstić information content (AvgIpc) is 2.60. The van der Waals surface area contributed by atoms with Crippen molar-refractivity contribution in [3.63, 3.8) is 0 Å². The Bertz CT molecular complexity index is 686. The Balaban J connectivity index is 2.09. The first-order valence-electron chi connectivity index (χ1n) is 7.97. The van der Waals surface area contributed by atoms with E-state index in [4.69, 9.17) is 21.1 Å². The van der Waals surface area contributed by atoms with Crippen LogP contribution in [0.4, 0.5) is 5.69 Å². The van der Waals surface area contributed by atoms with Gasteiger partial charge in [0.15, 0.2) is 6.10 Å². The summed E-state index contributed by atoms with van der Waals surface area (Å²) in [7, 11) is 1.54. The Labute approximate surface area is 147 Å². The maximum absolute atomic E-state index is 12.5. The molecule has 1 N–H and O–H groups in total. The van der Waals surface area contributed by atoms with Crippen LogP contribution in [0.5, 0.6) is 11.5 Å². The summed E-state index contributed by atoms with van der Waals surface area (Å²) in [5.41, 5.74) is 1.75. The van der Waals surface area contributed by atoms with Crippen molar-refractivity contribution in [1.29, 1.82) is 0 Å². The highest BCUT2D eigenvalue weighted by Crippen LogP contribution is 2.28. The van der Waals surface area contributed by atoms with E-state index in [2.05, 4.69) is 12.2 Å². The number of nitrogens with one attached hydrogen (secondary N) is 1. The first-order valence-corrected chi connectivity index (χ1v) is 8.35. The van der Waals surface area contributed by atoms with Crippen LogP contribution in [0.1, 0.15) is 25.8 Å². The quantitative estimate of drug-likeness (QED) is 0.789. The number of carbonyl (C=O) groups is 1. The van der Waals surface area contributed by atoms with Crippen molar-refractivity contribution in [2.45, 2.75) is 32.8 Å². The van der Waals surface area contributed by atoms with Gasteiger partial charge in [-0.1, -0.05) is 37.6 Å². The number of ether oxygens (including phenoxy) is 2. The predicted molar refractivity (Wildman–Crippen MR) is 97.2 cm³/mol. The zero-order valence-electron chi connectivity index (χ0n) is 14.1. The molecule has 0 aliphatic carbocycles. The third-order valence-corrected chi connectivity index (χ3v) is 3.93. The fourth-order valence-corrected chi connectivity index (χ4v) is 2.45. The molecule has 24 heavy (non-hydrogen) atoms. The lowest BCUT2D eigenvalue weighted by molar-refractivity contribution is -0.122.